The summed E-state index contributed by atoms with van der Waals surface area (Å²) < 4.78 is 5.60. The largest absolute Gasteiger partial charge is 0.375 e. The van der Waals surface area contributed by atoms with Gasteiger partial charge in [0.25, 0.3) is 0 Å². The molecule has 1 aromatic carbocycles. The van der Waals surface area contributed by atoms with Crippen molar-refractivity contribution in [1.29, 1.82) is 0 Å². The second-order valence-corrected chi connectivity index (χ2v) is 5.18. The Morgan fingerprint density at radius 2 is 1.80 bits per heavy atom. The second-order valence-electron chi connectivity index (χ2n) is 5.18. The molecule has 0 radical (unpaired) electrons. The van der Waals surface area contributed by atoms with E-state index in [-0.39, 0.29) is 0 Å². The number of nitrogens with two attached hydrogens (primary N) is 1. The molecule has 110 valence electrons. The van der Waals surface area contributed by atoms with Gasteiger partial charge in [0.1, 0.15) is 0 Å². The Bertz CT molecular complexity index is 397. The number of ether oxygens (including phenoxy) is 1. The molecule has 0 unspecified atom stereocenters. The van der Waals surface area contributed by atoms with E-state index in [1.807, 2.05) is 18.2 Å². The summed E-state index contributed by atoms with van der Waals surface area (Å²) in [6.45, 7) is 3.97. The molecule has 0 atom stereocenters. The molecule has 1 saturated heterocycles. The van der Waals surface area contributed by atoms with Gasteiger partial charge in [0.05, 0.1) is 19.8 Å². The highest BCUT2D eigenvalue weighted by molar-refractivity contribution is 5.78. The van der Waals surface area contributed by atoms with E-state index in [9.17, 15) is 0 Å². The Morgan fingerprint density at radius 3 is 2.50 bits per heavy atom. The molecular formula is C16H25N3O. The molecule has 0 bridgehead atoms. The summed E-state index contributed by atoms with van der Waals surface area (Å²) >= 11 is 0. The molecule has 4 nitrogen and oxygen atoms in total. The van der Waals surface area contributed by atoms with Gasteiger partial charge in [-0.15, -0.1) is 0 Å². The first-order chi connectivity index (χ1) is 9.86. The van der Waals surface area contributed by atoms with Gasteiger partial charge in [-0.05, 0) is 18.4 Å². The number of aliphatic imine (C=N–C) groups is 1. The molecule has 0 spiro atoms. The lowest BCUT2D eigenvalue weighted by molar-refractivity contribution is 0.128. The zero-order chi connectivity index (χ0) is 14.0. The monoisotopic (exact) mass is 275 g/mol. The lowest BCUT2D eigenvalue weighted by Gasteiger charge is -2.21. The van der Waals surface area contributed by atoms with Crippen molar-refractivity contribution in [2.45, 2.75) is 32.3 Å². The van der Waals surface area contributed by atoms with E-state index >= 15 is 0 Å². The molecule has 1 fully saturated rings. The van der Waals surface area contributed by atoms with Crippen molar-refractivity contribution in [2.75, 3.05) is 26.2 Å². The summed E-state index contributed by atoms with van der Waals surface area (Å²) in [6, 6.07) is 10.2. The fourth-order valence-electron chi connectivity index (χ4n) is 2.39. The van der Waals surface area contributed by atoms with Crippen LogP contribution < -0.4 is 5.73 Å². The topological polar surface area (TPSA) is 50.9 Å². The highest BCUT2D eigenvalue weighted by Crippen LogP contribution is 2.09. The minimum absolute atomic E-state index is 0.615. The minimum atomic E-state index is 0.615. The van der Waals surface area contributed by atoms with Crippen LogP contribution in [0, 0.1) is 0 Å². The lowest BCUT2D eigenvalue weighted by atomic mass is 10.2. The summed E-state index contributed by atoms with van der Waals surface area (Å²) in [5, 5.41) is 0. The van der Waals surface area contributed by atoms with E-state index in [0.717, 1.165) is 13.1 Å². The zero-order valence-electron chi connectivity index (χ0n) is 12.1. The Labute approximate surface area is 121 Å². The number of hydrogen-bond acceptors (Lipinski definition) is 2. The van der Waals surface area contributed by atoms with Crippen LogP contribution in [0.5, 0.6) is 0 Å². The zero-order valence-corrected chi connectivity index (χ0v) is 12.1. The molecule has 1 aliphatic rings. The van der Waals surface area contributed by atoms with Gasteiger partial charge >= 0.3 is 0 Å². The predicted molar refractivity (Wildman–Crippen MR) is 82.6 cm³/mol. The van der Waals surface area contributed by atoms with Crippen LogP contribution in [-0.4, -0.2) is 37.1 Å². The third-order valence-electron chi connectivity index (χ3n) is 3.55. The maximum atomic E-state index is 6.03. The predicted octanol–water partition coefficient (Wildman–Crippen LogP) is 2.39. The summed E-state index contributed by atoms with van der Waals surface area (Å²) in [4.78, 5) is 6.61. The summed E-state index contributed by atoms with van der Waals surface area (Å²) in [6.07, 6.45) is 5.06. The number of rotatable bonds is 5. The molecule has 0 amide bonds. The number of likely N-dealkylation sites (tertiary alicyclic amines) is 1. The van der Waals surface area contributed by atoms with Crippen molar-refractivity contribution >= 4 is 5.96 Å². The molecule has 2 N–H and O–H groups in total. The van der Waals surface area contributed by atoms with Gasteiger partial charge in [-0.2, -0.15) is 0 Å². The van der Waals surface area contributed by atoms with E-state index in [1.165, 1.54) is 31.2 Å². The van der Waals surface area contributed by atoms with E-state index in [2.05, 4.69) is 22.0 Å². The van der Waals surface area contributed by atoms with Gasteiger partial charge in [-0.3, -0.25) is 4.99 Å². The number of nitrogens with zero attached hydrogens (tertiary/aromatic N) is 2. The van der Waals surface area contributed by atoms with Crippen molar-refractivity contribution in [3.63, 3.8) is 0 Å². The van der Waals surface area contributed by atoms with Gasteiger partial charge in [0.15, 0.2) is 5.96 Å². The van der Waals surface area contributed by atoms with Crippen LogP contribution in [0.3, 0.4) is 0 Å². The Hall–Kier alpha value is -1.55. The van der Waals surface area contributed by atoms with Crippen molar-refractivity contribution in [3.05, 3.63) is 35.9 Å². The van der Waals surface area contributed by atoms with Crippen LogP contribution in [0.15, 0.2) is 35.3 Å². The van der Waals surface area contributed by atoms with Gasteiger partial charge in [-0.25, -0.2) is 0 Å². The van der Waals surface area contributed by atoms with Crippen LogP contribution in [0.25, 0.3) is 0 Å². The first-order valence-corrected chi connectivity index (χ1v) is 7.53. The molecule has 0 aliphatic carbocycles. The average molecular weight is 275 g/mol. The van der Waals surface area contributed by atoms with Crippen molar-refractivity contribution in [1.82, 2.24) is 4.90 Å². The Morgan fingerprint density at radius 1 is 1.10 bits per heavy atom. The van der Waals surface area contributed by atoms with Gasteiger partial charge in [0, 0.05) is 13.1 Å². The first-order valence-electron chi connectivity index (χ1n) is 7.53. The average Bonchev–Trinajstić information content (AvgIpc) is 2.77. The van der Waals surface area contributed by atoms with Gasteiger partial charge < -0.3 is 15.4 Å². The molecule has 4 heteroatoms. The molecule has 1 aromatic rings. The third kappa shape index (κ3) is 5.21. The second kappa shape index (κ2) is 8.59. The third-order valence-corrected chi connectivity index (χ3v) is 3.55. The maximum Gasteiger partial charge on any atom is 0.191 e. The van der Waals surface area contributed by atoms with Crippen LogP contribution in [0.1, 0.15) is 31.2 Å². The molecule has 2 rings (SSSR count). The first kappa shape index (κ1) is 14.9. The van der Waals surface area contributed by atoms with E-state index < -0.39 is 0 Å². The number of guanidine groups is 1. The van der Waals surface area contributed by atoms with Gasteiger partial charge in [0.2, 0.25) is 0 Å². The molecule has 20 heavy (non-hydrogen) atoms. The minimum Gasteiger partial charge on any atom is -0.375 e. The summed E-state index contributed by atoms with van der Waals surface area (Å²) in [5.74, 6) is 0.676. The number of hydrogen-bond donors (Lipinski definition) is 1. The fourth-order valence-corrected chi connectivity index (χ4v) is 2.39. The molecular weight excluding hydrogens is 250 g/mol. The lowest BCUT2D eigenvalue weighted by Crippen LogP contribution is -2.38. The normalized spacial score (nSPS) is 17.0. The molecule has 0 aromatic heterocycles. The van der Waals surface area contributed by atoms with E-state index in [4.69, 9.17) is 10.5 Å². The molecule has 1 aliphatic heterocycles. The smallest absolute Gasteiger partial charge is 0.191 e. The summed E-state index contributed by atoms with van der Waals surface area (Å²) in [7, 11) is 0. The van der Waals surface area contributed by atoms with E-state index in [1.54, 1.807) is 0 Å². The Balaban J connectivity index is 1.64. The summed E-state index contributed by atoms with van der Waals surface area (Å²) in [5.41, 5.74) is 7.22. The van der Waals surface area contributed by atoms with Crippen molar-refractivity contribution in [2.24, 2.45) is 10.7 Å². The van der Waals surface area contributed by atoms with Crippen LogP contribution in [-0.2, 0) is 11.3 Å². The van der Waals surface area contributed by atoms with Gasteiger partial charge in [-0.1, -0.05) is 43.2 Å². The van der Waals surface area contributed by atoms with Crippen LogP contribution >= 0.6 is 0 Å². The highest BCUT2D eigenvalue weighted by Gasteiger charge is 2.10. The highest BCUT2D eigenvalue weighted by atomic mass is 16.5. The van der Waals surface area contributed by atoms with Crippen LogP contribution in [0.2, 0.25) is 0 Å². The Kier molecular flexibility index (Phi) is 6.38. The van der Waals surface area contributed by atoms with Crippen molar-refractivity contribution in [3.8, 4) is 0 Å². The molecule has 1 heterocycles. The maximum absolute atomic E-state index is 6.03. The fraction of sp³-hybridized carbons (Fsp3) is 0.562. The van der Waals surface area contributed by atoms with Crippen LogP contribution in [0.4, 0.5) is 0 Å². The number of benzene rings is 1. The SMILES string of the molecule is NC(=NCCOCc1ccccc1)N1CCCCCC1. The molecule has 0 saturated carbocycles. The standard InChI is InChI=1S/C16H25N3O/c17-16(19-11-6-1-2-7-12-19)18-10-13-20-14-15-8-4-3-5-9-15/h3-5,8-9H,1-2,6-7,10-14H2,(H2,17,18). The quantitative estimate of drug-likeness (QED) is 0.510. The van der Waals surface area contributed by atoms with Crippen molar-refractivity contribution < 1.29 is 4.74 Å². The van der Waals surface area contributed by atoms with E-state index in [0.29, 0.717) is 25.7 Å².